The standard InChI is InChI=1S/C13H20N2O3/c1-10-9-11(2)18-12(10)13(17)15-5-3-14(4-6-15)7-8-16/h9,16H,3-8H2,1-2H3. The van der Waals surface area contributed by atoms with Crippen LogP contribution in [-0.2, 0) is 0 Å². The smallest absolute Gasteiger partial charge is 0.289 e. The molecule has 2 rings (SSSR count). The average Bonchev–Trinajstić information content (AvgIpc) is 2.69. The number of aliphatic hydroxyl groups is 1. The minimum atomic E-state index is -0.0238. The van der Waals surface area contributed by atoms with Crippen molar-refractivity contribution < 1.29 is 14.3 Å². The minimum absolute atomic E-state index is 0.0238. The van der Waals surface area contributed by atoms with Crippen molar-refractivity contribution in [3.05, 3.63) is 23.2 Å². The summed E-state index contributed by atoms with van der Waals surface area (Å²) in [5.41, 5.74) is 0.898. The summed E-state index contributed by atoms with van der Waals surface area (Å²) < 4.78 is 5.46. The van der Waals surface area contributed by atoms with Gasteiger partial charge in [-0.25, -0.2) is 0 Å². The van der Waals surface area contributed by atoms with Crippen molar-refractivity contribution in [2.75, 3.05) is 39.3 Å². The van der Waals surface area contributed by atoms with E-state index in [1.165, 1.54) is 0 Å². The van der Waals surface area contributed by atoms with Crippen LogP contribution in [0.25, 0.3) is 0 Å². The van der Waals surface area contributed by atoms with E-state index in [0.717, 1.165) is 24.4 Å². The number of aryl methyl sites for hydroxylation is 2. The second kappa shape index (κ2) is 5.54. The van der Waals surface area contributed by atoms with Crippen LogP contribution in [0.2, 0.25) is 0 Å². The number of carbonyl (C=O) groups excluding carboxylic acids is 1. The molecule has 0 unspecified atom stereocenters. The summed E-state index contributed by atoms with van der Waals surface area (Å²) in [6.07, 6.45) is 0. The van der Waals surface area contributed by atoms with E-state index in [0.29, 0.717) is 25.4 Å². The van der Waals surface area contributed by atoms with Gasteiger partial charge in [-0.05, 0) is 19.9 Å². The van der Waals surface area contributed by atoms with Gasteiger partial charge in [0.25, 0.3) is 5.91 Å². The first-order chi connectivity index (χ1) is 8.61. The second-order valence-electron chi connectivity index (χ2n) is 4.73. The molecule has 1 saturated heterocycles. The van der Waals surface area contributed by atoms with Crippen LogP contribution in [-0.4, -0.2) is 60.1 Å². The number of β-amino-alcohol motifs (C(OH)–C–C–N with tert-alkyl or cyclic N) is 1. The summed E-state index contributed by atoms with van der Waals surface area (Å²) in [4.78, 5) is 16.2. The van der Waals surface area contributed by atoms with Crippen molar-refractivity contribution in [1.82, 2.24) is 9.80 Å². The highest BCUT2D eigenvalue weighted by Gasteiger charge is 2.25. The van der Waals surface area contributed by atoms with Crippen LogP contribution < -0.4 is 0 Å². The molecule has 0 atom stereocenters. The maximum atomic E-state index is 12.3. The van der Waals surface area contributed by atoms with Crippen molar-refractivity contribution >= 4 is 5.91 Å². The quantitative estimate of drug-likeness (QED) is 0.858. The topological polar surface area (TPSA) is 56.9 Å². The molecule has 0 saturated carbocycles. The molecule has 0 spiro atoms. The molecule has 1 amide bonds. The van der Waals surface area contributed by atoms with Crippen molar-refractivity contribution in [3.63, 3.8) is 0 Å². The Morgan fingerprint density at radius 3 is 2.50 bits per heavy atom. The normalized spacial score (nSPS) is 17.2. The van der Waals surface area contributed by atoms with Gasteiger partial charge in [0.1, 0.15) is 5.76 Å². The van der Waals surface area contributed by atoms with Crippen LogP contribution in [0.1, 0.15) is 21.9 Å². The number of nitrogens with zero attached hydrogens (tertiary/aromatic N) is 2. The number of hydrogen-bond donors (Lipinski definition) is 1. The molecule has 2 heterocycles. The Labute approximate surface area is 107 Å². The molecule has 18 heavy (non-hydrogen) atoms. The summed E-state index contributed by atoms with van der Waals surface area (Å²) in [5, 5.41) is 8.87. The molecule has 5 nitrogen and oxygen atoms in total. The van der Waals surface area contributed by atoms with Crippen molar-refractivity contribution in [2.45, 2.75) is 13.8 Å². The minimum Gasteiger partial charge on any atom is -0.456 e. The molecule has 1 aliphatic rings. The molecule has 0 aromatic carbocycles. The second-order valence-corrected chi connectivity index (χ2v) is 4.73. The maximum Gasteiger partial charge on any atom is 0.289 e. The molecule has 100 valence electrons. The lowest BCUT2D eigenvalue weighted by Crippen LogP contribution is -2.49. The van der Waals surface area contributed by atoms with E-state index in [4.69, 9.17) is 9.52 Å². The lowest BCUT2D eigenvalue weighted by Gasteiger charge is -2.33. The SMILES string of the molecule is Cc1cc(C)c(C(=O)N2CCN(CCO)CC2)o1. The van der Waals surface area contributed by atoms with Gasteiger partial charge in [0.15, 0.2) is 5.76 Å². The van der Waals surface area contributed by atoms with E-state index >= 15 is 0 Å². The van der Waals surface area contributed by atoms with Crippen LogP contribution >= 0.6 is 0 Å². The fourth-order valence-electron chi connectivity index (χ4n) is 2.31. The van der Waals surface area contributed by atoms with Crippen LogP contribution in [0, 0.1) is 13.8 Å². The number of carbonyl (C=O) groups is 1. The molecule has 1 aromatic rings. The molecule has 1 aliphatic heterocycles. The number of piperazine rings is 1. The zero-order chi connectivity index (χ0) is 13.1. The lowest BCUT2D eigenvalue weighted by molar-refractivity contribution is 0.0583. The molecule has 1 fully saturated rings. The summed E-state index contributed by atoms with van der Waals surface area (Å²) in [5.74, 6) is 1.21. The fourth-order valence-corrected chi connectivity index (χ4v) is 2.31. The van der Waals surface area contributed by atoms with Crippen LogP contribution in [0.15, 0.2) is 10.5 Å². The van der Waals surface area contributed by atoms with Gasteiger partial charge in [-0.2, -0.15) is 0 Å². The van der Waals surface area contributed by atoms with E-state index in [9.17, 15) is 4.79 Å². The molecule has 5 heteroatoms. The molecule has 1 aromatic heterocycles. The van der Waals surface area contributed by atoms with Gasteiger partial charge in [0, 0.05) is 38.3 Å². The monoisotopic (exact) mass is 252 g/mol. The molecule has 0 radical (unpaired) electrons. The zero-order valence-corrected chi connectivity index (χ0v) is 11.0. The summed E-state index contributed by atoms with van der Waals surface area (Å²) >= 11 is 0. The van der Waals surface area contributed by atoms with Gasteiger partial charge in [-0.3, -0.25) is 9.69 Å². The largest absolute Gasteiger partial charge is 0.456 e. The molecule has 0 bridgehead atoms. The Balaban J connectivity index is 1.97. The van der Waals surface area contributed by atoms with E-state index in [-0.39, 0.29) is 12.5 Å². The fraction of sp³-hybridized carbons (Fsp3) is 0.615. The predicted molar refractivity (Wildman–Crippen MR) is 67.6 cm³/mol. The summed E-state index contributed by atoms with van der Waals surface area (Å²) in [6.45, 7) is 7.60. The van der Waals surface area contributed by atoms with Gasteiger partial charge < -0.3 is 14.4 Å². The first-order valence-corrected chi connectivity index (χ1v) is 6.31. The van der Waals surface area contributed by atoms with Crippen LogP contribution in [0.3, 0.4) is 0 Å². The van der Waals surface area contributed by atoms with Gasteiger partial charge >= 0.3 is 0 Å². The number of aliphatic hydroxyl groups excluding tert-OH is 1. The van der Waals surface area contributed by atoms with Crippen LogP contribution in [0.5, 0.6) is 0 Å². The lowest BCUT2D eigenvalue weighted by atomic mass is 10.2. The third kappa shape index (κ3) is 2.73. The van der Waals surface area contributed by atoms with Crippen LogP contribution in [0.4, 0.5) is 0 Å². The number of furan rings is 1. The first-order valence-electron chi connectivity index (χ1n) is 6.31. The molecule has 0 aliphatic carbocycles. The number of rotatable bonds is 3. The zero-order valence-electron chi connectivity index (χ0n) is 11.0. The Hall–Kier alpha value is -1.33. The van der Waals surface area contributed by atoms with E-state index in [2.05, 4.69) is 4.90 Å². The Morgan fingerprint density at radius 2 is 2.00 bits per heavy atom. The van der Waals surface area contributed by atoms with Gasteiger partial charge in [0.05, 0.1) is 6.61 Å². The third-order valence-electron chi connectivity index (χ3n) is 3.31. The Bertz CT molecular complexity index is 420. The van der Waals surface area contributed by atoms with Gasteiger partial charge in [-0.1, -0.05) is 0 Å². The number of amides is 1. The van der Waals surface area contributed by atoms with E-state index in [1.807, 2.05) is 24.8 Å². The van der Waals surface area contributed by atoms with Crippen molar-refractivity contribution in [2.24, 2.45) is 0 Å². The molecule has 1 N–H and O–H groups in total. The average molecular weight is 252 g/mol. The summed E-state index contributed by atoms with van der Waals surface area (Å²) in [6, 6.07) is 1.88. The highest BCUT2D eigenvalue weighted by molar-refractivity contribution is 5.93. The van der Waals surface area contributed by atoms with E-state index < -0.39 is 0 Å². The van der Waals surface area contributed by atoms with Gasteiger partial charge in [-0.15, -0.1) is 0 Å². The Morgan fingerprint density at radius 1 is 1.33 bits per heavy atom. The third-order valence-corrected chi connectivity index (χ3v) is 3.31. The highest BCUT2D eigenvalue weighted by atomic mass is 16.4. The van der Waals surface area contributed by atoms with E-state index in [1.54, 1.807) is 0 Å². The maximum absolute atomic E-state index is 12.3. The Kier molecular flexibility index (Phi) is 4.04. The first kappa shape index (κ1) is 13.1. The molecular formula is C13H20N2O3. The molecular weight excluding hydrogens is 232 g/mol. The van der Waals surface area contributed by atoms with Crippen molar-refractivity contribution in [1.29, 1.82) is 0 Å². The van der Waals surface area contributed by atoms with Crippen molar-refractivity contribution in [3.8, 4) is 0 Å². The summed E-state index contributed by atoms with van der Waals surface area (Å²) in [7, 11) is 0. The predicted octanol–water partition coefficient (Wildman–Crippen LogP) is 0.647. The highest BCUT2D eigenvalue weighted by Crippen LogP contribution is 2.17. The van der Waals surface area contributed by atoms with Gasteiger partial charge in [0.2, 0.25) is 0 Å². The number of hydrogen-bond acceptors (Lipinski definition) is 4.